The smallest absolute Gasteiger partial charge is 0.214 e. The zero-order chi connectivity index (χ0) is 24.7. The second-order valence-electron chi connectivity index (χ2n) is 7.92. The average Bonchev–Trinajstić information content (AvgIpc) is 3.43. The number of anilines is 1. The number of H-pyrrole nitrogens is 1. The minimum atomic E-state index is -0.446. The van der Waals surface area contributed by atoms with Crippen LogP contribution < -0.4 is 15.2 Å². The summed E-state index contributed by atoms with van der Waals surface area (Å²) in [6.45, 7) is 1.84. The van der Waals surface area contributed by atoms with Crippen LogP contribution in [0.1, 0.15) is 21.6 Å². The average molecular weight is 535 g/mol. The van der Waals surface area contributed by atoms with Gasteiger partial charge >= 0.3 is 0 Å². The molecule has 0 saturated carbocycles. The summed E-state index contributed by atoms with van der Waals surface area (Å²) in [4.78, 5) is 16.3. The van der Waals surface area contributed by atoms with Crippen molar-refractivity contribution in [3.63, 3.8) is 0 Å². The maximum Gasteiger partial charge on any atom is 0.214 e. The Morgan fingerprint density at radius 2 is 1.89 bits per heavy atom. The number of nitrogens with zero attached hydrogens (tertiary/aromatic N) is 2. The van der Waals surface area contributed by atoms with E-state index in [1.54, 1.807) is 49.6 Å². The predicted molar refractivity (Wildman–Crippen MR) is 135 cm³/mol. The van der Waals surface area contributed by atoms with Gasteiger partial charge in [-0.25, -0.2) is 9.07 Å². The van der Waals surface area contributed by atoms with Gasteiger partial charge in [0, 0.05) is 10.9 Å². The molecule has 0 spiro atoms. The van der Waals surface area contributed by atoms with Gasteiger partial charge in [-0.1, -0.05) is 12.1 Å². The lowest BCUT2D eigenvalue weighted by Gasteiger charge is -2.12. The third-order valence-electron chi connectivity index (χ3n) is 5.65. The first kappa shape index (κ1) is 22.7. The number of aromatic nitrogens is 3. The van der Waals surface area contributed by atoms with Gasteiger partial charge in [0.25, 0.3) is 0 Å². The van der Waals surface area contributed by atoms with Crippen LogP contribution in [0.25, 0.3) is 16.6 Å². The number of ketones is 1. The minimum Gasteiger partial charge on any atom is -0.496 e. The fraction of sp³-hybridized carbons (Fsp3) is 0.0769. The number of hydrogen-bond donors (Lipinski definition) is 2. The number of para-hydroxylation sites is 1. The Hall–Kier alpha value is -4.11. The summed E-state index contributed by atoms with van der Waals surface area (Å²) in [6, 6.07) is 16.9. The Balaban J connectivity index is 1.44. The van der Waals surface area contributed by atoms with Gasteiger partial charge in [0.1, 0.15) is 17.3 Å². The Labute approximate surface area is 208 Å². The fourth-order valence-electron chi connectivity index (χ4n) is 3.82. The van der Waals surface area contributed by atoms with E-state index in [1.165, 1.54) is 16.9 Å². The molecule has 0 aliphatic carbocycles. The van der Waals surface area contributed by atoms with Crippen molar-refractivity contribution in [1.29, 1.82) is 0 Å². The van der Waals surface area contributed by atoms with Crippen LogP contribution in [0.4, 0.5) is 10.2 Å². The van der Waals surface area contributed by atoms with Gasteiger partial charge in [0.05, 0.1) is 34.7 Å². The molecule has 3 N–H and O–H groups in total. The molecular formula is C26H20BrFN4O3. The van der Waals surface area contributed by atoms with E-state index in [1.807, 2.05) is 19.1 Å². The molecule has 0 saturated heterocycles. The normalized spacial score (nSPS) is 11.1. The molecular weight excluding hydrogens is 515 g/mol. The molecule has 5 rings (SSSR count). The Morgan fingerprint density at radius 1 is 1.09 bits per heavy atom. The number of halogens is 2. The summed E-state index contributed by atoms with van der Waals surface area (Å²) in [5.41, 5.74) is 9.16. The lowest BCUT2D eigenvalue weighted by atomic mass is 10.1. The molecule has 0 atom stereocenters. The van der Waals surface area contributed by atoms with Crippen molar-refractivity contribution in [2.45, 2.75) is 6.92 Å². The maximum atomic E-state index is 13.9. The number of aryl methyl sites for hydroxylation is 1. The number of carbonyl (C=O) groups excluding carboxylic acids is 1. The number of nitrogens with one attached hydrogen (secondary N) is 1. The van der Waals surface area contributed by atoms with E-state index in [4.69, 9.17) is 15.2 Å². The lowest BCUT2D eigenvalue weighted by molar-refractivity contribution is 0.103. The summed E-state index contributed by atoms with van der Waals surface area (Å²) < 4.78 is 27.2. The van der Waals surface area contributed by atoms with Crippen molar-refractivity contribution in [2.24, 2.45) is 0 Å². The second kappa shape index (κ2) is 8.92. The number of hydrogen-bond acceptors (Lipinski definition) is 5. The molecule has 0 fully saturated rings. The van der Waals surface area contributed by atoms with Gasteiger partial charge < -0.3 is 20.2 Å². The van der Waals surface area contributed by atoms with E-state index in [2.05, 4.69) is 26.0 Å². The van der Waals surface area contributed by atoms with E-state index >= 15 is 0 Å². The maximum absolute atomic E-state index is 13.9. The molecule has 0 unspecified atom stereocenters. The minimum absolute atomic E-state index is 0.137. The van der Waals surface area contributed by atoms with E-state index < -0.39 is 5.82 Å². The number of benzene rings is 3. The molecule has 0 radical (unpaired) electrons. The third kappa shape index (κ3) is 4.15. The second-order valence-corrected chi connectivity index (χ2v) is 8.78. The molecule has 7 nitrogen and oxygen atoms in total. The SMILES string of the molecule is COc1cc2cc(C(=O)c3cnn(-c4ccc(Oc5ccccc5F)c(C)c4)c3N)[nH]c2cc1Br. The molecule has 2 aromatic heterocycles. The number of nitrogen functional groups attached to an aromatic ring is 1. The topological polar surface area (TPSA) is 95.2 Å². The molecule has 35 heavy (non-hydrogen) atoms. The summed E-state index contributed by atoms with van der Waals surface area (Å²) in [5, 5.41) is 5.16. The molecule has 3 aromatic carbocycles. The quantitative estimate of drug-likeness (QED) is 0.253. The molecule has 176 valence electrons. The van der Waals surface area contributed by atoms with E-state index in [0.29, 0.717) is 22.9 Å². The zero-order valence-corrected chi connectivity index (χ0v) is 20.4. The fourth-order valence-corrected chi connectivity index (χ4v) is 4.33. The van der Waals surface area contributed by atoms with Crippen LogP contribution in [0.2, 0.25) is 0 Å². The number of carbonyl (C=O) groups is 1. The first-order valence-corrected chi connectivity index (χ1v) is 11.4. The van der Waals surface area contributed by atoms with Crippen molar-refractivity contribution in [1.82, 2.24) is 14.8 Å². The van der Waals surface area contributed by atoms with Crippen LogP contribution in [-0.4, -0.2) is 27.7 Å². The van der Waals surface area contributed by atoms with Crippen LogP contribution in [0, 0.1) is 12.7 Å². The first-order chi connectivity index (χ1) is 16.9. The van der Waals surface area contributed by atoms with Crippen molar-refractivity contribution in [3.8, 4) is 22.9 Å². The van der Waals surface area contributed by atoms with Gasteiger partial charge in [-0.3, -0.25) is 4.79 Å². The standard InChI is InChI=1S/C26H20BrFN4O3/c1-14-9-16(7-8-22(14)35-23-6-4-3-5-19(23)28)32-26(29)17(13-30-32)25(33)21-10-15-11-24(34-2)18(27)12-20(15)31-21/h3-13,31H,29H2,1-2H3. The Bertz CT molecular complexity index is 1590. The molecule has 0 amide bonds. The molecule has 0 aliphatic rings. The van der Waals surface area contributed by atoms with Crippen LogP contribution in [0.15, 0.2) is 71.3 Å². The largest absolute Gasteiger partial charge is 0.496 e. The first-order valence-electron chi connectivity index (χ1n) is 10.6. The zero-order valence-electron chi connectivity index (χ0n) is 18.8. The van der Waals surface area contributed by atoms with Gasteiger partial charge in [-0.2, -0.15) is 5.10 Å². The summed E-state index contributed by atoms with van der Waals surface area (Å²) in [5.74, 6) is 0.781. The number of ether oxygens (including phenoxy) is 2. The highest BCUT2D eigenvalue weighted by atomic mass is 79.9. The van der Waals surface area contributed by atoms with Crippen LogP contribution in [0.5, 0.6) is 17.2 Å². The summed E-state index contributed by atoms with van der Waals surface area (Å²) in [7, 11) is 1.58. The number of rotatable bonds is 6. The van der Waals surface area contributed by atoms with Crippen LogP contribution >= 0.6 is 15.9 Å². The number of aromatic amines is 1. The summed E-state index contributed by atoms with van der Waals surface area (Å²) >= 11 is 3.45. The number of methoxy groups -OCH3 is 1. The third-order valence-corrected chi connectivity index (χ3v) is 6.27. The van der Waals surface area contributed by atoms with Crippen molar-refractivity contribution >= 4 is 38.4 Å². The van der Waals surface area contributed by atoms with E-state index in [-0.39, 0.29) is 22.9 Å². The molecule has 2 heterocycles. The van der Waals surface area contributed by atoms with E-state index in [0.717, 1.165) is 20.9 Å². The highest BCUT2D eigenvalue weighted by Gasteiger charge is 2.20. The van der Waals surface area contributed by atoms with Crippen LogP contribution in [-0.2, 0) is 0 Å². The van der Waals surface area contributed by atoms with Crippen molar-refractivity contribution < 1.29 is 18.7 Å². The number of nitrogens with two attached hydrogens (primary N) is 1. The molecule has 9 heteroatoms. The highest BCUT2D eigenvalue weighted by molar-refractivity contribution is 9.10. The van der Waals surface area contributed by atoms with Gasteiger partial charge in [-0.05, 0) is 76.9 Å². The summed E-state index contributed by atoms with van der Waals surface area (Å²) in [6.07, 6.45) is 1.44. The molecule has 0 aliphatic heterocycles. The molecule has 0 bridgehead atoms. The van der Waals surface area contributed by atoms with Crippen LogP contribution in [0.3, 0.4) is 0 Å². The highest BCUT2D eigenvalue weighted by Crippen LogP contribution is 2.32. The molecule has 5 aromatic rings. The van der Waals surface area contributed by atoms with Gasteiger partial charge in [0.2, 0.25) is 5.78 Å². The lowest BCUT2D eigenvalue weighted by Crippen LogP contribution is -2.07. The Kier molecular flexibility index (Phi) is 5.78. The number of fused-ring (bicyclic) bond motifs is 1. The van der Waals surface area contributed by atoms with Crippen molar-refractivity contribution in [2.75, 3.05) is 12.8 Å². The monoisotopic (exact) mass is 534 g/mol. The van der Waals surface area contributed by atoms with Crippen molar-refractivity contribution in [3.05, 3.63) is 94.0 Å². The van der Waals surface area contributed by atoms with E-state index in [9.17, 15) is 9.18 Å². The van der Waals surface area contributed by atoms with Gasteiger partial charge in [-0.15, -0.1) is 0 Å². The predicted octanol–water partition coefficient (Wildman–Crippen LogP) is 6.18. The Morgan fingerprint density at radius 3 is 2.63 bits per heavy atom. The van der Waals surface area contributed by atoms with Gasteiger partial charge in [0.15, 0.2) is 11.6 Å².